The molecule has 2 N–H and O–H groups in total. The summed E-state index contributed by atoms with van der Waals surface area (Å²) in [5, 5.41) is 2.81. The van der Waals surface area contributed by atoms with Crippen LogP contribution in [0.4, 0.5) is 5.69 Å². The summed E-state index contributed by atoms with van der Waals surface area (Å²) in [5.74, 6) is 0.359. The maximum Gasteiger partial charge on any atom is 0.253 e. The number of hydrogen-bond acceptors (Lipinski definition) is 4. The molecule has 0 aliphatic rings. The van der Waals surface area contributed by atoms with Crippen molar-refractivity contribution < 1.29 is 17.9 Å². The summed E-state index contributed by atoms with van der Waals surface area (Å²) in [5.41, 5.74) is 1.65. The zero-order valence-corrected chi connectivity index (χ0v) is 15.3. The number of carbonyl (C=O) groups is 1. The lowest BCUT2D eigenvalue weighted by Gasteiger charge is -2.17. The highest BCUT2D eigenvalue weighted by atomic mass is 32.2. The van der Waals surface area contributed by atoms with E-state index in [0.717, 1.165) is 17.6 Å². The predicted molar refractivity (Wildman–Crippen MR) is 98.5 cm³/mol. The average Bonchev–Trinajstić information content (AvgIpc) is 2.53. The Labute approximate surface area is 148 Å². The first kappa shape index (κ1) is 18.8. The lowest BCUT2D eigenvalue weighted by molar-refractivity contribution is 0.0927. The predicted octanol–water partition coefficient (Wildman–Crippen LogP) is 2.56. The van der Waals surface area contributed by atoms with Crippen molar-refractivity contribution in [1.29, 1.82) is 0 Å². The van der Waals surface area contributed by atoms with Gasteiger partial charge in [0.25, 0.3) is 5.91 Å². The lowest BCUT2D eigenvalue weighted by Crippen LogP contribution is -2.37. The van der Waals surface area contributed by atoms with E-state index in [1.807, 2.05) is 38.1 Å². The molecule has 0 aromatic heterocycles. The van der Waals surface area contributed by atoms with E-state index in [9.17, 15) is 13.2 Å². The number of para-hydroxylation sites is 1. The van der Waals surface area contributed by atoms with E-state index in [1.165, 1.54) is 0 Å². The molecule has 0 saturated heterocycles. The molecule has 0 radical (unpaired) electrons. The Bertz CT molecular complexity index is 832. The molecule has 134 valence electrons. The van der Waals surface area contributed by atoms with Gasteiger partial charge in [-0.15, -0.1) is 0 Å². The second kappa shape index (κ2) is 8.02. The van der Waals surface area contributed by atoms with Crippen LogP contribution in [0.2, 0.25) is 0 Å². The molecule has 0 bridgehead atoms. The highest BCUT2D eigenvalue weighted by molar-refractivity contribution is 7.92. The standard InChI is InChI=1S/C18H22N2O4S/c1-13-8-10-15(11-9-13)24-12-14(2)19-18(21)16-6-4-5-7-17(16)20-25(3,22)23/h4-11,14,20H,12H2,1-3H3,(H,19,21). The second-order valence-corrected chi connectivity index (χ2v) is 7.67. The molecule has 1 atom stereocenters. The van der Waals surface area contributed by atoms with Crippen molar-refractivity contribution in [3.05, 3.63) is 59.7 Å². The van der Waals surface area contributed by atoms with Gasteiger partial charge in [-0.3, -0.25) is 9.52 Å². The minimum Gasteiger partial charge on any atom is -0.491 e. The zero-order valence-electron chi connectivity index (χ0n) is 14.4. The van der Waals surface area contributed by atoms with Crippen LogP contribution in [-0.2, 0) is 10.0 Å². The summed E-state index contributed by atoms with van der Waals surface area (Å²) in [4.78, 5) is 12.4. The molecular formula is C18H22N2O4S. The van der Waals surface area contributed by atoms with Crippen LogP contribution in [0.3, 0.4) is 0 Å². The molecule has 0 spiro atoms. The summed E-state index contributed by atoms with van der Waals surface area (Å²) in [6, 6.07) is 13.8. The molecule has 0 fully saturated rings. The van der Waals surface area contributed by atoms with Gasteiger partial charge in [0.15, 0.2) is 0 Å². The highest BCUT2D eigenvalue weighted by Gasteiger charge is 2.15. The maximum absolute atomic E-state index is 12.4. The molecule has 1 amide bonds. The third-order valence-electron chi connectivity index (χ3n) is 3.37. The van der Waals surface area contributed by atoms with Crippen molar-refractivity contribution in [1.82, 2.24) is 5.32 Å². The molecule has 0 saturated carbocycles. The van der Waals surface area contributed by atoms with E-state index in [2.05, 4.69) is 10.0 Å². The first-order valence-electron chi connectivity index (χ1n) is 7.82. The minimum atomic E-state index is -3.47. The van der Waals surface area contributed by atoms with Gasteiger partial charge < -0.3 is 10.1 Å². The van der Waals surface area contributed by atoms with E-state index in [0.29, 0.717) is 6.61 Å². The van der Waals surface area contributed by atoms with Gasteiger partial charge in [-0.05, 0) is 38.1 Å². The fourth-order valence-electron chi connectivity index (χ4n) is 2.17. The van der Waals surface area contributed by atoms with E-state index < -0.39 is 10.0 Å². The number of carbonyl (C=O) groups excluding carboxylic acids is 1. The van der Waals surface area contributed by atoms with Crippen LogP contribution in [0, 0.1) is 6.92 Å². The van der Waals surface area contributed by atoms with Gasteiger partial charge in [-0.1, -0.05) is 29.8 Å². The number of anilines is 1. The Hall–Kier alpha value is -2.54. The quantitative estimate of drug-likeness (QED) is 0.793. The summed E-state index contributed by atoms with van der Waals surface area (Å²) in [6.07, 6.45) is 1.04. The van der Waals surface area contributed by atoms with Crippen molar-refractivity contribution in [2.75, 3.05) is 17.6 Å². The summed E-state index contributed by atoms with van der Waals surface area (Å²) in [7, 11) is -3.47. The van der Waals surface area contributed by atoms with Gasteiger partial charge in [0.2, 0.25) is 10.0 Å². The third kappa shape index (κ3) is 6.11. The molecule has 2 aromatic rings. The van der Waals surface area contributed by atoms with E-state index in [1.54, 1.807) is 24.3 Å². The van der Waals surface area contributed by atoms with Gasteiger partial charge >= 0.3 is 0 Å². The van der Waals surface area contributed by atoms with Crippen molar-refractivity contribution in [3.8, 4) is 5.75 Å². The Morgan fingerprint density at radius 2 is 1.76 bits per heavy atom. The van der Waals surface area contributed by atoms with Crippen molar-refractivity contribution in [3.63, 3.8) is 0 Å². The van der Waals surface area contributed by atoms with Gasteiger partial charge in [0, 0.05) is 0 Å². The largest absolute Gasteiger partial charge is 0.491 e. The topological polar surface area (TPSA) is 84.5 Å². The zero-order chi connectivity index (χ0) is 18.4. The van der Waals surface area contributed by atoms with Gasteiger partial charge in [-0.2, -0.15) is 0 Å². The normalized spacial score (nSPS) is 12.3. The molecule has 2 rings (SSSR count). The monoisotopic (exact) mass is 362 g/mol. The molecule has 2 aromatic carbocycles. The molecular weight excluding hydrogens is 340 g/mol. The number of benzene rings is 2. The van der Waals surface area contributed by atoms with Crippen LogP contribution in [0.25, 0.3) is 0 Å². The first-order chi connectivity index (χ1) is 11.7. The molecule has 0 aliphatic heterocycles. The van der Waals surface area contributed by atoms with Crippen molar-refractivity contribution in [2.45, 2.75) is 19.9 Å². The molecule has 0 heterocycles. The number of nitrogens with one attached hydrogen (secondary N) is 2. The summed E-state index contributed by atoms with van der Waals surface area (Å²) in [6.45, 7) is 4.11. The number of amides is 1. The maximum atomic E-state index is 12.4. The van der Waals surface area contributed by atoms with Crippen LogP contribution in [0.15, 0.2) is 48.5 Å². The Balaban J connectivity index is 1.98. The Kier molecular flexibility index (Phi) is 6.03. The summed E-state index contributed by atoms with van der Waals surface area (Å²) < 4.78 is 30.8. The van der Waals surface area contributed by atoms with Crippen LogP contribution >= 0.6 is 0 Å². The number of ether oxygens (including phenoxy) is 1. The molecule has 25 heavy (non-hydrogen) atoms. The molecule has 0 aliphatic carbocycles. The van der Waals surface area contributed by atoms with Gasteiger partial charge in [0.05, 0.1) is 23.5 Å². The highest BCUT2D eigenvalue weighted by Crippen LogP contribution is 2.16. The smallest absolute Gasteiger partial charge is 0.253 e. The van der Waals surface area contributed by atoms with Crippen LogP contribution < -0.4 is 14.8 Å². The minimum absolute atomic E-state index is 0.245. The number of aryl methyl sites for hydroxylation is 1. The molecule has 6 nitrogen and oxygen atoms in total. The van der Waals surface area contributed by atoms with Crippen LogP contribution in [-0.4, -0.2) is 33.2 Å². The van der Waals surface area contributed by atoms with Gasteiger partial charge in [-0.25, -0.2) is 8.42 Å². The van der Waals surface area contributed by atoms with E-state index in [-0.39, 0.29) is 23.2 Å². The SMILES string of the molecule is Cc1ccc(OCC(C)NC(=O)c2ccccc2NS(C)(=O)=O)cc1. The van der Waals surface area contributed by atoms with Crippen molar-refractivity contribution in [2.24, 2.45) is 0 Å². The number of hydrogen-bond donors (Lipinski definition) is 2. The fraction of sp³-hybridized carbons (Fsp3) is 0.278. The second-order valence-electron chi connectivity index (χ2n) is 5.92. The number of rotatable bonds is 7. The fourth-order valence-corrected chi connectivity index (χ4v) is 2.75. The third-order valence-corrected chi connectivity index (χ3v) is 3.96. The van der Waals surface area contributed by atoms with E-state index in [4.69, 9.17) is 4.74 Å². The Morgan fingerprint density at radius 3 is 2.40 bits per heavy atom. The van der Waals surface area contributed by atoms with Gasteiger partial charge in [0.1, 0.15) is 12.4 Å². The first-order valence-corrected chi connectivity index (χ1v) is 9.71. The Morgan fingerprint density at radius 1 is 1.12 bits per heavy atom. The number of sulfonamides is 1. The summed E-state index contributed by atoms with van der Waals surface area (Å²) >= 11 is 0. The van der Waals surface area contributed by atoms with Crippen LogP contribution in [0.5, 0.6) is 5.75 Å². The lowest BCUT2D eigenvalue weighted by atomic mass is 10.1. The molecule has 1 unspecified atom stereocenters. The molecule has 7 heteroatoms. The van der Waals surface area contributed by atoms with E-state index >= 15 is 0 Å². The van der Waals surface area contributed by atoms with Crippen molar-refractivity contribution >= 4 is 21.6 Å². The van der Waals surface area contributed by atoms with Crippen LogP contribution in [0.1, 0.15) is 22.8 Å². The average molecular weight is 362 g/mol.